The van der Waals surface area contributed by atoms with Gasteiger partial charge in [-0.1, -0.05) is 12.8 Å². The topological polar surface area (TPSA) is 35.6 Å². The second-order valence-electron chi connectivity index (χ2n) is 6.39. The van der Waals surface area contributed by atoms with Gasteiger partial charge in [0.1, 0.15) is 0 Å². The highest BCUT2D eigenvalue weighted by molar-refractivity contribution is 5.81. The van der Waals surface area contributed by atoms with E-state index in [4.69, 9.17) is 0 Å². The molecule has 2 fully saturated rings. The van der Waals surface area contributed by atoms with Crippen LogP contribution in [0, 0.1) is 0 Å². The Labute approximate surface area is 133 Å². The fraction of sp³-hybridized carbons (Fsp3) is 0.611. The first-order valence-electron chi connectivity index (χ1n) is 8.69. The molecule has 22 heavy (non-hydrogen) atoms. The minimum atomic E-state index is 0.227. The molecule has 120 valence electrons. The first-order chi connectivity index (χ1) is 10.8. The molecule has 4 heteroatoms. The molecule has 0 radical (unpaired) electrons. The summed E-state index contributed by atoms with van der Waals surface area (Å²) in [6, 6.07) is 8.49. The van der Waals surface area contributed by atoms with Crippen molar-refractivity contribution in [2.75, 3.05) is 42.9 Å². The molecule has 3 rings (SSSR count). The summed E-state index contributed by atoms with van der Waals surface area (Å²) in [6.07, 6.45) is 7.41. The first-order valence-corrected chi connectivity index (χ1v) is 8.69. The number of carbonyl (C=O) groups excluding carboxylic acids is 1. The van der Waals surface area contributed by atoms with Crippen molar-refractivity contribution >= 4 is 17.3 Å². The molecular weight excluding hydrogens is 274 g/mol. The molecule has 2 aliphatic heterocycles. The van der Waals surface area contributed by atoms with Crippen molar-refractivity contribution in [2.45, 2.75) is 38.5 Å². The lowest BCUT2D eigenvalue weighted by Crippen LogP contribution is -2.36. The van der Waals surface area contributed by atoms with E-state index in [-0.39, 0.29) is 5.91 Å². The third-order valence-electron chi connectivity index (χ3n) is 4.74. The lowest BCUT2D eigenvalue weighted by atomic mass is 10.2. The zero-order valence-corrected chi connectivity index (χ0v) is 13.4. The second-order valence-corrected chi connectivity index (χ2v) is 6.39. The van der Waals surface area contributed by atoms with Gasteiger partial charge in [-0.25, -0.2) is 0 Å². The van der Waals surface area contributed by atoms with Crippen LogP contribution in [0.3, 0.4) is 0 Å². The fourth-order valence-corrected chi connectivity index (χ4v) is 3.37. The molecule has 0 aliphatic carbocycles. The number of anilines is 2. The standard InChI is InChI=1S/C18H27N3O/c22-18(21-13-3-1-2-4-14-21)15-19-16-7-9-17(10-8-16)20-11-5-6-12-20/h7-10,19H,1-6,11-15H2. The van der Waals surface area contributed by atoms with E-state index < -0.39 is 0 Å². The third kappa shape index (κ3) is 3.93. The normalized spacial score (nSPS) is 19.1. The predicted octanol–water partition coefficient (Wildman–Crippen LogP) is 3.10. The maximum absolute atomic E-state index is 12.3. The van der Waals surface area contributed by atoms with Crippen LogP contribution in [0.4, 0.5) is 11.4 Å². The SMILES string of the molecule is O=C(CNc1ccc(N2CCCC2)cc1)N1CCCCCC1. The van der Waals surface area contributed by atoms with Crippen LogP contribution < -0.4 is 10.2 Å². The summed E-state index contributed by atoms with van der Waals surface area (Å²) >= 11 is 0. The van der Waals surface area contributed by atoms with Crippen molar-refractivity contribution in [1.82, 2.24) is 4.90 Å². The fourth-order valence-electron chi connectivity index (χ4n) is 3.37. The van der Waals surface area contributed by atoms with Gasteiger partial charge in [-0.3, -0.25) is 4.79 Å². The summed E-state index contributed by atoms with van der Waals surface area (Å²) in [5.41, 5.74) is 2.33. The molecule has 0 atom stereocenters. The van der Waals surface area contributed by atoms with E-state index in [1.807, 2.05) is 4.90 Å². The lowest BCUT2D eigenvalue weighted by Gasteiger charge is -2.21. The van der Waals surface area contributed by atoms with E-state index in [0.29, 0.717) is 6.54 Å². The van der Waals surface area contributed by atoms with Crippen molar-refractivity contribution in [3.05, 3.63) is 24.3 Å². The van der Waals surface area contributed by atoms with Crippen LogP contribution in [-0.2, 0) is 4.79 Å². The number of nitrogens with zero attached hydrogens (tertiary/aromatic N) is 2. The summed E-state index contributed by atoms with van der Waals surface area (Å²) < 4.78 is 0. The summed E-state index contributed by atoms with van der Waals surface area (Å²) in [5.74, 6) is 0.227. The van der Waals surface area contributed by atoms with E-state index in [1.165, 1.54) is 44.5 Å². The highest BCUT2D eigenvalue weighted by Gasteiger charge is 2.15. The summed E-state index contributed by atoms with van der Waals surface area (Å²) in [5, 5.41) is 3.27. The third-order valence-corrected chi connectivity index (χ3v) is 4.74. The highest BCUT2D eigenvalue weighted by Crippen LogP contribution is 2.22. The van der Waals surface area contributed by atoms with Crippen LogP contribution in [0.2, 0.25) is 0 Å². The van der Waals surface area contributed by atoms with Gasteiger partial charge in [-0.15, -0.1) is 0 Å². The Hall–Kier alpha value is -1.71. The van der Waals surface area contributed by atoms with E-state index in [1.54, 1.807) is 0 Å². The Morgan fingerprint density at radius 2 is 1.45 bits per heavy atom. The Bertz CT molecular complexity index is 472. The van der Waals surface area contributed by atoms with E-state index in [0.717, 1.165) is 31.6 Å². The average molecular weight is 301 g/mol. The van der Waals surface area contributed by atoms with Gasteiger partial charge in [0, 0.05) is 37.6 Å². The predicted molar refractivity (Wildman–Crippen MR) is 91.4 cm³/mol. The molecule has 0 aromatic heterocycles. The van der Waals surface area contributed by atoms with Crippen molar-refractivity contribution in [3.63, 3.8) is 0 Å². The molecule has 2 aliphatic rings. The molecular formula is C18H27N3O. The van der Waals surface area contributed by atoms with Crippen molar-refractivity contribution in [3.8, 4) is 0 Å². The summed E-state index contributed by atoms with van der Waals surface area (Å²) in [4.78, 5) is 16.7. The van der Waals surface area contributed by atoms with Crippen molar-refractivity contribution in [1.29, 1.82) is 0 Å². The molecule has 1 aromatic carbocycles. The number of benzene rings is 1. The van der Waals surface area contributed by atoms with Crippen molar-refractivity contribution in [2.24, 2.45) is 0 Å². The Morgan fingerprint density at radius 1 is 0.864 bits per heavy atom. The van der Waals surface area contributed by atoms with Crippen LogP contribution >= 0.6 is 0 Å². The highest BCUT2D eigenvalue weighted by atomic mass is 16.2. The number of amides is 1. The Kier molecular flexibility index (Phi) is 5.20. The van der Waals surface area contributed by atoms with Gasteiger partial charge in [0.2, 0.25) is 5.91 Å². The quantitative estimate of drug-likeness (QED) is 0.928. The molecule has 0 bridgehead atoms. The van der Waals surface area contributed by atoms with Crippen LogP contribution in [-0.4, -0.2) is 43.5 Å². The number of likely N-dealkylation sites (tertiary alicyclic amines) is 1. The molecule has 0 spiro atoms. The largest absolute Gasteiger partial charge is 0.376 e. The van der Waals surface area contributed by atoms with Gasteiger partial charge in [0.25, 0.3) is 0 Å². The molecule has 1 aromatic rings. The smallest absolute Gasteiger partial charge is 0.241 e. The van der Waals surface area contributed by atoms with Gasteiger partial charge < -0.3 is 15.1 Å². The zero-order chi connectivity index (χ0) is 15.2. The van der Waals surface area contributed by atoms with E-state index in [2.05, 4.69) is 34.5 Å². The Morgan fingerprint density at radius 3 is 2.09 bits per heavy atom. The van der Waals surface area contributed by atoms with Gasteiger partial charge in [-0.05, 0) is 49.9 Å². The number of hydrogen-bond donors (Lipinski definition) is 1. The molecule has 0 saturated carbocycles. The summed E-state index contributed by atoms with van der Waals surface area (Å²) in [6.45, 7) is 4.59. The molecule has 2 heterocycles. The number of hydrogen-bond acceptors (Lipinski definition) is 3. The maximum Gasteiger partial charge on any atom is 0.241 e. The van der Waals surface area contributed by atoms with Gasteiger partial charge in [0.05, 0.1) is 6.54 Å². The second kappa shape index (κ2) is 7.52. The van der Waals surface area contributed by atoms with Gasteiger partial charge >= 0.3 is 0 Å². The summed E-state index contributed by atoms with van der Waals surface area (Å²) in [7, 11) is 0. The van der Waals surface area contributed by atoms with E-state index in [9.17, 15) is 4.79 Å². The van der Waals surface area contributed by atoms with Crippen LogP contribution in [0.15, 0.2) is 24.3 Å². The van der Waals surface area contributed by atoms with Crippen LogP contribution in [0.1, 0.15) is 38.5 Å². The molecule has 1 amide bonds. The monoisotopic (exact) mass is 301 g/mol. The maximum atomic E-state index is 12.3. The average Bonchev–Trinajstić information content (AvgIpc) is 2.95. The van der Waals surface area contributed by atoms with Gasteiger partial charge in [-0.2, -0.15) is 0 Å². The minimum Gasteiger partial charge on any atom is -0.376 e. The molecule has 4 nitrogen and oxygen atoms in total. The lowest BCUT2D eigenvalue weighted by molar-refractivity contribution is -0.129. The zero-order valence-electron chi connectivity index (χ0n) is 13.4. The van der Waals surface area contributed by atoms with Crippen molar-refractivity contribution < 1.29 is 4.79 Å². The van der Waals surface area contributed by atoms with E-state index >= 15 is 0 Å². The van der Waals surface area contributed by atoms with Gasteiger partial charge in [0.15, 0.2) is 0 Å². The number of rotatable bonds is 4. The first kappa shape index (κ1) is 15.2. The number of nitrogens with one attached hydrogen (secondary N) is 1. The number of carbonyl (C=O) groups is 1. The molecule has 1 N–H and O–H groups in total. The Balaban J connectivity index is 1.49. The van der Waals surface area contributed by atoms with Crippen LogP contribution in [0.25, 0.3) is 0 Å². The molecule has 2 saturated heterocycles. The van der Waals surface area contributed by atoms with Crippen LogP contribution in [0.5, 0.6) is 0 Å². The molecule has 0 unspecified atom stereocenters. The minimum absolute atomic E-state index is 0.227.